The first-order valence-corrected chi connectivity index (χ1v) is 6.90. The summed E-state index contributed by atoms with van der Waals surface area (Å²) >= 11 is 0. The number of benzene rings is 1. The first kappa shape index (κ1) is 18.3. The lowest BCUT2D eigenvalue weighted by Crippen LogP contribution is -2.47. The van der Waals surface area contributed by atoms with E-state index in [9.17, 15) is 14.4 Å². The van der Waals surface area contributed by atoms with Crippen LogP contribution in [0.1, 0.15) is 12.5 Å². The highest BCUT2D eigenvalue weighted by Crippen LogP contribution is 2.07. The molecule has 8 nitrogen and oxygen atoms in total. The van der Waals surface area contributed by atoms with Gasteiger partial charge in [-0.2, -0.15) is 0 Å². The van der Waals surface area contributed by atoms with Crippen LogP contribution < -0.4 is 16.1 Å². The topological polar surface area (TPSA) is 128 Å². The average molecular weight is 321 g/mol. The standard InChI is InChI=1S/C15H19N3O5/c1-10(13(20)16-7-8-19)17-14(21)12(15(22)18-23)9-11-5-3-2-4-6-11/h2-6,9-10,19,23H,7-8H2,1H3,(H,16,20)(H,17,21)(H,18,22)/b12-9-/t10-/m0/s1. The van der Waals surface area contributed by atoms with E-state index in [0.717, 1.165) is 0 Å². The lowest BCUT2D eigenvalue weighted by atomic mass is 10.1. The van der Waals surface area contributed by atoms with Gasteiger partial charge < -0.3 is 15.7 Å². The summed E-state index contributed by atoms with van der Waals surface area (Å²) in [5, 5.41) is 22.2. The first-order chi connectivity index (χ1) is 11.0. The SMILES string of the molecule is C[C@H](NC(=O)/C(=C/c1ccccc1)C(=O)NO)C(=O)NCCO. The van der Waals surface area contributed by atoms with Gasteiger partial charge in [-0.3, -0.25) is 19.6 Å². The zero-order valence-electron chi connectivity index (χ0n) is 12.6. The van der Waals surface area contributed by atoms with Gasteiger partial charge in [0, 0.05) is 6.54 Å². The predicted molar refractivity (Wildman–Crippen MR) is 82.0 cm³/mol. The minimum atomic E-state index is -0.991. The van der Waals surface area contributed by atoms with Crippen LogP contribution in [-0.4, -0.2) is 47.2 Å². The lowest BCUT2D eigenvalue weighted by molar-refractivity contribution is -0.131. The van der Waals surface area contributed by atoms with E-state index in [4.69, 9.17) is 10.3 Å². The van der Waals surface area contributed by atoms with E-state index in [1.807, 2.05) is 0 Å². The number of aliphatic hydroxyl groups excluding tert-OH is 1. The number of aliphatic hydroxyl groups is 1. The minimum Gasteiger partial charge on any atom is -0.395 e. The van der Waals surface area contributed by atoms with Crippen LogP contribution in [0.2, 0.25) is 0 Å². The van der Waals surface area contributed by atoms with Crippen molar-refractivity contribution in [2.75, 3.05) is 13.2 Å². The van der Waals surface area contributed by atoms with Crippen LogP contribution in [0.3, 0.4) is 0 Å². The van der Waals surface area contributed by atoms with Gasteiger partial charge in [0.15, 0.2) is 0 Å². The molecule has 0 aliphatic rings. The summed E-state index contributed by atoms with van der Waals surface area (Å²) in [5.41, 5.74) is 1.64. The summed E-state index contributed by atoms with van der Waals surface area (Å²) in [6.45, 7) is 1.27. The molecule has 5 N–H and O–H groups in total. The Morgan fingerprint density at radius 3 is 2.39 bits per heavy atom. The Labute approximate surface area is 133 Å². The summed E-state index contributed by atoms with van der Waals surface area (Å²) in [5.74, 6) is -2.31. The van der Waals surface area contributed by atoms with Crippen molar-refractivity contribution in [2.24, 2.45) is 0 Å². The number of amides is 3. The Hall–Kier alpha value is -2.71. The first-order valence-electron chi connectivity index (χ1n) is 6.90. The highest BCUT2D eigenvalue weighted by molar-refractivity contribution is 6.21. The molecule has 0 aliphatic carbocycles. The highest BCUT2D eigenvalue weighted by atomic mass is 16.5. The van der Waals surface area contributed by atoms with E-state index in [1.165, 1.54) is 18.5 Å². The molecule has 1 aromatic carbocycles. The molecule has 0 saturated heterocycles. The summed E-state index contributed by atoms with van der Waals surface area (Å²) < 4.78 is 0. The lowest BCUT2D eigenvalue weighted by Gasteiger charge is -2.14. The van der Waals surface area contributed by atoms with Gasteiger partial charge in [0.2, 0.25) is 5.91 Å². The molecule has 0 spiro atoms. The summed E-state index contributed by atoms with van der Waals surface area (Å²) in [6, 6.07) is 7.66. The molecule has 1 aromatic rings. The van der Waals surface area contributed by atoms with Crippen molar-refractivity contribution in [1.82, 2.24) is 16.1 Å². The third-order valence-corrected chi connectivity index (χ3v) is 2.85. The molecule has 0 fully saturated rings. The number of hydroxylamine groups is 1. The molecule has 0 bridgehead atoms. The molecule has 1 atom stereocenters. The van der Waals surface area contributed by atoms with Crippen molar-refractivity contribution in [3.05, 3.63) is 41.5 Å². The van der Waals surface area contributed by atoms with E-state index in [-0.39, 0.29) is 18.7 Å². The van der Waals surface area contributed by atoms with Gasteiger partial charge in [0.05, 0.1) is 6.61 Å². The fraction of sp³-hybridized carbons (Fsp3) is 0.267. The summed E-state index contributed by atoms with van der Waals surface area (Å²) in [4.78, 5) is 35.5. The van der Waals surface area contributed by atoms with Gasteiger partial charge in [0.1, 0.15) is 11.6 Å². The van der Waals surface area contributed by atoms with Crippen molar-refractivity contribution in [1.29, 1.82) is 0 Å². The number of hydrogen-bond donors (Lipinski definition) is 5. The van der Waals surface area contributed by atoms with Crippen LogP contribution >= 0.6 is 0 Å². The molecule has 124 valence electrons. The second kappa shape index (κ2) is 9.34. The Morgan fingerprint density at radius 2 is 1.83 bits per heavy atom. The average Bonchev–Trinajstić information content (AvgIpc) is 2.57. The maximum absolute atomic E-state index is 12.2. The fourth-order valence-corrected chi connectivity index (χ4v) is 1.68. The Morgan fingerprint density at radius 1 is 1.17 bits per heavy atom. The molecule has 1 rings (SSSR count). The van der Waals surface area contributed by atoms with Gasteiger partial charge in [-0.25, -0.2) is 5.48 Å². The van der Waals surface area contributed by atoms with Gasteiger partial charge in [0.25, 0.3) is 11.8 Å². The Bertz CT molecular complexity index is 586. The molecular weight excluding hydrogens is 302 g/mol. The molecule has 0 saturated carbocycles. The Balaban J connectivity index is 2.87. The zero-order chi connectivity index (χ0) is 17.2. The number of carbonyl (C=O) groups is 3. The maximum Gasteiger partial charge on any atom is 0.280 e. The fourth-order valence-electron chi connectivity index (χ4n) is 1.68. The van der Waals surface area contributed by atoms with E-state index in [2.05, 4.69) is 10.6 Å². The smallest absolute Gasteiger partial charge is 0.280 e. The largest absolute Gasteiger partial charge is 0.395 e. The van der Waals surface area contributed by atoms with Crippen LogP contribution in [0.5, 0.6) is 0 Å². The second-order valence-corrected chi connectivity index (χ2v) is 4.62. The highest BCUT2D eigenvalue weighted by Gasteiger charge is 2.22. The van der Waals surface area contributed by atoms with Crippen LogP contribution in [0.25, 0.3) is 6.08 Å². The van der Waals surface area contributed by atoms with Gasteiger partial charge >= 0.3 is 0 Å². The second-order valence-electron chi connectivity index (χ2n) is 4.62. The normalized spacial score (nSPS) is 12.2. The van der Waals surface area contributed by atoms with Gasteiger partial charge in [-0.15, -0.1) is 0 Å². The van der Waals surface area contributed by atoms with E-state index >= 15 is 0 Å². The van der Waals surface area contributed by atoms with Crippen molar-refractivity contribution >= 4 is 23.8 Å². The van der Waals surface area contributed by atoms with Crippen molar-refractivity contribution in [3.63, 3.8) is 0 Å². The molecule has 0 radical (unpaired) electrons. The molecule has 3 amide bonds. The number of hydrogen-bond acceptors (Lipinski definition) is 5. The van der Waals surface area contributed by atoms with Crippen LogP contribution in [0, 0.1) is 0 Å². The molecule has 0 heterocycles. The monoisotopic (exact) mass is 321 g/mol. The minimum absolute atomic E-state index is 0.0584. The molecule has 8 heteroatoms. The third kappa shape index (κ3) is 5.89. The molecule has 0 aliphatic heterocycles. The molecular formula is C15H19N3O5. The number of nitrogens with one attached hydrogen (secondary N) is 3. The molecule has 0 unspecified atom stereocenters. The van der Waals surface area contributed by atoms with E-state index < -0.39 is 23.8 Å². The predicted octanol–water partition coefficient (Wildman–Crippen LogP) is -0.811. The summed E-state index contributed by atoms with van der Waals surface area (Å²) in [6.07, 6.45) is 1.29. The van der Waals surface area contributed by atoms with Crippen LogP contribution in [-0.2, 0) is 14.4 Å². The van der Waals surface area contributed by atoms with Gasteiger partial charge in [-0.05, 0) is 18.6 Å². The van der Waals surface area contributed by atoms with Crippen LogP contribution in [0.4, 0.5) is 0 Å². The van der Waals surface area contributed by atoms with Crippen LogP contribution in [0.15, 0.2) is 35.9 Å². The zero-order valence-corrected chi connectivity index (χ0v) is 12.6. The maximum atomic E-state index is 12.2. The molecule has 0 aromatic heterocycles. The van der Waals surface area contributed by atoms with Crippen molar-refractivity contribution < 1.29 is 24.7 Å². The number of carbonyl (C=O) groups excluding carboxylic acids is 3. The number of rotatable bonds is 7. The third-order valence-electron chi connectivity index (χ3n) is 2.85. The quantitative estimate of drug-likeness (QED) is 0.147. The van der Waals surface area contributed by atoms with E-state index in [1.54, 1.807) is 30.3 Å². The molecule has 23 heavy (non-hydrogen) atoms. The summed E-state index contributed by atoms with van der Waals surface area (Å²) in [7, 11) is 0. The Kier molecular flexibility index (Phi) is 7.44. The van der Waals surface area contributed by atoms with E-state index in [0.29, 0.717) is 5.56 Å². The van der Waals surface area contributed by atoms with Crippen molar-refractivity contribution in [2.45, 2.75) is 13.0 Å². The van der Waals surface area contributed by atoms with Crippen molar-refractivity contribution in [3.8, 4) is 0 Å². The van der Waals surface area contributed by atoms with Gasteiger partial charge in [-0.1, -0.05) is 30.3 Å².